The van der Waals surface area contributed by atoms with E-state index in [1.165, 1.54) is 6.92 Å². The zero-order chi connectivity index (χ0) is 15.6. The Balaban J connectivity index is 2.19. The number of carbonyl (C=O) groups is 2. The van der Waals surface area contributed by atoms with Gasteiger partial charge in [0.05, 0.1) is 5.92 Å². The lowest BCUT2D eigenvalue weighted by Crippen LogP contribution is -2.42. The minimum Gasteiger partial charge on any atom is -0.481 e. The van der Waals surface area contributed by atoms with Crippen LogP contribution in [-0.2, 0) is 19.6 Å². The molecule has 1 aliphatic heterocycles. The van der Waals surface area contributed by atoms with Crippen LogP contribution in [0.25, 0.3) is 0 Å². The van der Waals surface area contributed by atoms with E-state index in [-0.39, 0.29) is 28.5 Å². The third-order valence-corrected chi connectivity index (χ3v) is 6.03. The summed E-state index contributed by atoms with van der Waals surface area (Å²) in [6.45, 7) is 1.45. The summed E-state index contributed by atoms with van der Waals surface area (Å²) in [5, 5.41) is 18.6. The summed E-state index contributed by atoms with van der Waals surface area (Å²) in [5.74, 6) is -2.10. The molecule has 116 valence electrons. The van der Waals surface area contributed by atoms with Gasteiger partial charge in [0.1, 0.15) is 0 Å². The third kappa shape index (κ3) is 3.54. The Hall–Kier alpha value is -1.59. The van der Waals surface area contributed by atoms with E-state index in [0.29, 0.717) is 12.8 Å². The highest BCUT2D eigenvalue weighted by Crippen LogP contribution is 2.27. The highest BCUT2D eigenvalue weighted by atomic mass is 32.2. The molecule has 11 heteroatoms. The summed E-state index contributed by atoms with van der Waals surface area (Å²) >= 11 is 0.740. The molecule has 0 unspecified atom stereocenters. The van der Waals surface area contributed by atoms with Crippen LogP contribution in [0.4, 0.5) is 5.13 Å². The molecule has 1 fully saturated rings. The number of nitrogens with one attached hydrogen (secondary N) is 1. The van der Waals surface area contributed by atoms with E-state index < -0.39 is 21.9 Å². The van der Waals surface area contributed by atoms with Gasteiger partial charge in [0.25, 0.3) is 10.0 Å². The number of aliphatic carboxylic acids is 1. The van der Waals surface area contributed by atoms with Crippen LogP contribution in [0.3, 0.4) is 0 Å². The van der Waals surface area contributed by atoms with Crippen molar-refractivity contribution in [2.45, 2.75) is 24.1 Å². The molecule has 0 aliphatic carbocycles. The Morgan fingerprint density at radius 2 is 2.14 bits per heavy atom. The molecule has 0 saturated carbocycles. The van der Waals surface area contributed by atoms with Crippen molar-refractivity contribution in [3.63, 3.8) is 0 Å². The number of anilines is 1. The van der Waals surface area contributed by atoms with Gasteiger partial charge in [-0.2, -0.15) is 4.31 Å². The number of sulfonamides is 1. The maximum absolute atomic E-state index is 12.4. The minimum atomic E-state index is -3.88. The van der Waals surface area contributed by atoms with Crippen LogP contribution in [0.1, 0.15) is 19.8 Å². The molecule has 1 saturated heterocycles. The Kier molecular flexibility index (Phi) is 4.54. The molecule has 2 N–H and O–H groups in total. The van der Waals surface area contributed by atoms with E-state index in [0.717, 1.165) is 15.6 Å². The maximum Gasteiger partial charge on any atom is 0.307 e. The van der Waals surface area contributed by atoms with Crippen molar-refractivity contribution in [3.05, 3.63) is 0 Å². The Morgan fingerprint density at radius 1 is 1.43 bits per heavy atom. The molecule has 1 aromatic rings. The van der Waals surface area contributed by atoms with Gasteiger partial charge < -0.3 is 10.4 Å². The van der Waals surface area contributed by atoms with Crippen molar-refractivity contribution in [3.8, 4) is 0 Å². The van der Waals surface area contributed by atoms with E-state index in [2.05, 4.69) is 15.5 Å². The summed E-state index contributed by atoms with van der Waals surface area (Å²) in [6, 6.07) is 0. The molecular formula is C10H14N4O5S2. The zero-order valence-electron chi connectivity index (χ0n) is 11.1. The molecule has 21 heavy (non-hydrogen) atoms. The maximum atomic E-state index is 12.4. The van der Waals surface area contributed by atoms with Gasteiger partial charge in [0, 0.05) is 20.0 Å². The molecule has 2 heterocycles. The van der Waals surface area contributed by atoms with E-state index in [9.17, 15) is 18.0 Å². The smallest absolute Gasteiger partial charge is 0.307 e. The monoisotopic (exact) mass is 334 g/mol. The average molecular weight is 334 g/mol. The summed E-state index contributed by atoms with van der Waals surface area (Å²) in [7, 11) is -3.88. The van der Waals surface area contributed by atoms with Gasteiger partial charge in [-0.3, -0.25) is 9.59 Å². The van der Waals surface area contributed by atoms with E-state index in [1.807, 2.05) is 0 Å². The number of nitrogens with zero attached hydrogens (tertiary/aromatic N) is 3. The summed E-state index contributed by atoms with van der Waals surface area (Å²) < 4.78 is 25.6. The first kappa shape index (κ1) is 15.8. The predicted octanol–water partition coefficient (Wildman–Crippen LogP) is -0.0182. The lowest BCUT2D eigenvalue weighted by Gasteiger charge is -2.28. The molecule has 0 bridgehead atoms. The molecular weight excluding hydrogens is 320 g/mol. The lowest BCUT2D eigenvalue weighted by atomic mass is 10.0. The molecule has 1 amide bonds. The number of hydrogen-bond acceptors (Lipinski definition) is 7. The number of carbonyl (C=O) groups excluding carboxylic acids is 1. The van der Waals surface area contributed by atoms with Crippen molar-refractivity contribution in [1.29, 1.82) is 0 Å². The molecule has 0 radical (unpaired) electrons. The van der Waals surface area contributed by atoms with Gasteiger partial charge in [-0.25, -0.2) is 8.42 Å². The van der Waals surface area contributed by atoms with Crippen LogP contribution in [0.5, 0.6) is 0 Å². The van der Waals surface area contributed by atoms with Crippen molar-refractivity contribution >= 4 is 38.4 Å². The number of piperidine rings is 1. The molecule has 9 nitrogen and oxygen atoms in total. The summed E-state index contributed by atoms with van der Waals surface area (Å²) in [6.07, 6.45) is 0.933. The quantitative estimate of drug-likeness (QED) is 0.740. The number of aromatic nitrogens is 2. The van der Waals surface area contributed by atoms with Crippen LogP contribution in [0.15, 0.2) is 4.34 Å². The number of amides is 1. The SMILES string of the molecule is CC(=O)Nc1nnc(S(=O)(=O)N2CCC[C@H](C(=O)O)C2)s1. The number of carboxylic acid groups (broad SMARTS) is 1. The van der Waals surface area contributed by atoms with Crippen LogP contribution < -0.4 is 5.32 Å². The molecule has 1 aliphatic rings. The van der Waals surface area contributed by atoms with Crippen LogP contribution in [-0.4, -0.2) is 53.0 Å². The Labute approximate surface area is 125 Å². The minimum absolute atomic E-state index is 0.0767. The molecule has 2 rings (SSSR count). The topological polar surface area (TPSA) is 130 Å². The number of rotatable bonds is 4. The highest BCUT2D eigenvalue weighted by Gasteiger charge is 2.35. The van der Waals surface area contributed by atoms with Crippen molar-refractivity contribution in [2.24, 2.45) is 5.92 Å². The molecule has 0 aromatic carbocycles. The fourth-order valence-electron chi connectivity index (χ4n) is 1.99. The molecule has 1 aromatic heterocycles. The fourth-order valence-corrected chi connectivity index (χ4v) is 4.60. The van der Waals surface area contributed by atoms with E-state index >= 15 is 0 Å². The highest BCUT2D eigenvalue weighted by molar-refractivity contribution is 7.91. The largest absolute Gasteiger partial charge is 0.481 e. The summed E-state index contributed by atoms with van der Waals surface area (Å²) in [5.41, 5.74) is 0. The second-order valence-corrected chi connectivity index (χ2v) is 7.68. The van der Waals surface area contributed by atoms with Gasteiger partial charge in [-0.05, 0) is 12.8 Å². The second kappa shape index (κ2) is 6.03. The van der Waals surface area contributed by atoms with Crippen molar-refractivity contribution < 1.29 is 23.1 Å². The van der Waals surface area contributed by atoms with Gasteiger partial charge in [0.2, 0.25) is 15.4 Å². The van der Waals surface area contributed by atoms with Crippen LogP contribution in [0, 0.1) is 5.92 Å². The van der Waals surface area contributed by atoms with Gasteiger partial charge >= 0.3 is 5.97 Å². The average Bonchev–Trinajstić information content (AvgIpc) is 2.87. The van der Waals surface area contributed by atoms with Gasteiger partial charge in [-0.15, -0.1) is 10.2 Å². The van der Waals surface area contributed by atoms with E-state index in [1.54, 1.807) is 0 Å². The van der Waals surface area contributed by atoms with Crippen LogP contribution in [0.2, 0.25) is 0 Å². The lowest BCUT2D eigenvalue weighted by molar-refractivity contribution is -0.142. The summed E-state index contributed by atoms with van der Waals surface area (Å²) in [4.78, 5) is 21.9. The number of hydrogen-bond donors (Lipinski definition) is 2. The Morgan fingerprint density at radius 3 is 2.76 bits per heavy atom. The van der Waals surface area contributed by atoms with Crippen LogP contribution >= 0.6 is 11.3 Å². The first-order valence-corrected chi connectivity index (χ1v) is 8.40. The normalized spacial score (nSPS) is 20.1. The van der Waals surface area contributed by atoms with Gasteiger partial charge in [0.15, 0.2) is 0 Å². The van der Waals surface area contributed by atoms with E-state index in [4.69, 9.17) is 5.11 Å². The Bertz CT molecular complexity index is 656. The first-order valence-electron chi connectivity index (χ1n) is 6.14. The molecule has 0 spiro atoms. The zero-order valence-corrected chi connectivity index (χ0v) is 12.8. The first-order chi connectivity index (χ1) is 9.80. The standard InChI is InChI=1S/C10H14N4O5S2/c1-6(15)11-9-12-13-10(20-9)21(18,19)14-4-2-3-7(5-14)8(16)17/h7H,2-5H2,1H3,(H,16,17)(H,11,12,15)/t7-/m0/s1. The van der Waals surface area contributed by atoms with Crippen molar-refractivity contribution in [1.82, 2.24) is 14.5 Å². The predicted molar refractivity (Wildman–Crippen MR) is 73.3 cm³/mol. The van der Waals surface area contributed by atoms with Crippen molar-refractivity contribution in [2.75, 3.05) is 18.4 Å². The second-order valence-electron chi connectivity index (χ2n) is 4.59. The number of carboxylic acids is 1. The fraction of sp³-hybridized carbons (Fsp3) is 0.600. The molecule has 1 atom stereocenters. The van der Waals surface area contributed by atoms with Gasteiger partial charge in [-0.1, -0.05) is 11.3 Å². The third-order valence-electron chi connectivity index (χ3n) is 2.98.